The van der Waals surface area contributed by atoms with Gasteiger partial charge in [-0.15, -0.1) is 11.3 Å². The Morgan fingerprint density at radius 2 is 1.81 bits per heavy atom. The molecule has 0 bridgehead atoms. The number of nitrogens with zero attached hydrogens (tertiary/aromatic N) is 3. The molecule has 1 amide bonds. The largest absolute Gasteiger partial charge is 0.324 e. The lowest BCUT2D eigenvalue weighted by atomic mass is 10.3. The number of rotatable bonds is 7. The van der Waals surface area contributed by atoms with E-state index >= 15 is 0 Å². The summed E-state index contributed by atoms with van der Waals surface area (Å²) in [4.78, 5) is 26.7. The standard InChI is InChI=1S/C21H24N4O4S2/c1-14(2)24(4)31(28,29)17-8-6-16(7-9-17)22-20(26)13-25-21(27)12-10-18(23-25)19-11-5-15(3)30-19/h5-12,14H,13H2,1-4H3,(H,22,26). The minimum absolute atomic E-state index is 0.138. The fourth-order valence-corrected chi connectivity index (χ4v) is 4.96. The van der Waals surface area contributed by atoms with Gasteiger partial charge in [0.2, 0.25) is 15.9 Å². The highest BCUT2D eigenvalue weighted by Crippen LogP contribution is 2.25. The Kier molecular flexibility index (Phi) is 6.73. The number of amides is 1. The molecule has 0 saturated carbocycles. The molecule has 0 radical (unpaired) electrons. The molecule has 0 unspecified atom stereocenters. The van der Waals surface area contributed by atoms with E-state index in [4.69, 9.17) is 0 Å². The van der Waals surface area contributed by atoms with Gasteiger partial charge in [-0.05, 0) is 63.2 Å². The fraction of sp³-hybridized carbons (Fsp3) is 0.286. The van der Waals surface area contributed by atoms with Crippen molar-refractivity contribution in [2.24, 2.45) is 0 Å². The van der Waals surface area contributed by atoms with Crippen LogP contribution in [0.1, 0.15) is 18.7 Å². The molecule has 1 aromatic carbocycles. The molecule has 0 aliphatic carbocycles. The molecule has 3 rings (SSSR count). The lowest BCUT2D eigenvalue weighted by molar-refractivity contribution is -0.117. The van der Waals surface area contributed by atoms with Crippen molar-refractivity contribution in [1.29, 1.82) is 0 Å². The number of sulfonamides is 1. The van der Waals surface area contributed by atoms with Gasteiger partial charge >= 0.3 is 0 Å². The van der Waals surface area contributed by atoms with Crippen LogP contribution in [0.5, 0.6) is 0 Å². The van der Waals surface area contributed by atoms with Crippen molar-refractivity contribution in [2.45, 2.75) is 38.3 Å². The van der Waals surface area contributed by atoms with Crippen LogP contribution < -0.4 is 10.9 Å². The summed E-state index contributed by atoms with van der Waals surface area (Å²) in [5.74, 6) is -0.441. The van der Waals surface area contributed by atoms with E-state index in [1.807, 2.05) is 19.1 Å². The number of carbonyl (C=O) groups excluding carboxylic acids is 1. The Morgan fingerprint density at radius 1 is 1.13 bits per heavy atom. The Balaban J connectivity index is 1.72. The van der Waals surface area contributed by atoms with Gasteiger partial charge in [0, 0.05) is 29.7 Å². The third-order valence-electron chi connectivity index (χ3n) is 4.70. The van der Waals surface area contributed by atoms with Gasteiger partial charge < -0.3 is 5.32 Å². The first-order valence-electron chi connectivity index (χ1n) is 9.61. The lowest BCUT2D eigenvalue weighted by Crippen LogP contribution is -2.33. The molecule has 0 aliphatic rings. The third-order valence-corrected chi connectivity index (χ3v) is 7.77. The van der Waals surface area contributed by atoms with Crippen LogP contribution in [0.3, 0.4) is 0 Å². The maximum Gasteiger partial charge on any atom is 0.267 e. The van der Waals surface area contributed by atoms with Gasteiger partial charge in [-0.2, -0.15) is 9.40 Å². The highest BCUT2D eigenvalue weighted by Gasteiger charge is 2.22. The molecule has 2 aromatic heterocycles. The van der Waals surface area contributed by atoms with Crippen molar-refractivity contribution in [3.05, 3.63) is 63.8 Å². The van der Waals surface area contributed by atoms with Crippen molar-refractivity contribution in [2.75, 3.05) is 12.4 Å². The molecule has 2 heterocycles. The van der Waals surface area contributed by atoms with Crippen LogP contribution in [0.2, 0.25) is 0 Å². The predicted molar refractivity (Wildman–Crippen MR) is 122 cm³/mol. The summed E-state index contributed by atoms with van der Waals surface area (Å²) in [5.41, 5.74) is 0.661. The molecule has 10 heteroatoms. The van der Waals surface area contributed by atoms with Gasteiger partial charge in [0.25, 0.3) is 5.56 Å². The zero-order valence-corrected chi connectivity index (χ0v) is 19.3. The maximum atomic E-state index is 12.5. The number of anilines is 1. The van der Waals surface area contributed by atoms with E-state index in [2.05, 4.69) is 10.4 Å². The van der Waals surface area contributed by atoms with Crippen LogP contribution in [0, 0.1) is 6.92 Å². The Morgan fingerprint density at radius 3 is 2.39 bits per heavy atom. The number of nitrogens with one attached hydrogen (secondary N) is 1. The highest BCUT2D eigenvalue weighted by molar-refractivity contribution is 7.89. The van der Waals surface area contributed by atoms with E-state index in [0.717, 1.165) is 14.4 Å². The van der Waals surface area contributed by atoms with Crippen LogP contribution in [0.4, 0.5) is 5.69 Å². The SMILES string of the molecule is Cc1ccc(-c2ccc(=O)n(CC(=O)Nc3ccc(S(=O)(=O)N(C)C(C)C)cc3)n2)s1. The normalized spacial score (nSPS) is 11.8. The Labute approximate surface area is 185 Å². The Hall–Kier alpha value is -2.82. The zero-order chi connectivity index (χ0) is 22.8. The van der Waals surface area contributed by atoms with Crippen LogP contribution in [-0.2, 0) is 21.4 Å². The second kappa shape index (κ2) is 9.13. The molecule has 164 valence electrons. The second-order valence-electron chi connectivity index (χ2n) is 7.31. The number of aromatic nitrogens is 2. The van der Waals surface area contributed by atoms with Gasteiger partial charge in [-0.3, -0.25) is 9.59 Å². The summed E-state index contributed by atoms with van der Waals surface area (Å²) in [6.07, 6.45) is 0. The first-order chi connectivity index (χ1) is 14.6. The van der Waals surface area contributed by atoms with Crippen molar-refractivity contribution < 1.29 is 13.2 Å². The van der Waals surface area contributed by atoms with E-state index in [1.54, 1.807) is 31.3 Å². The van der Waals surface area contributed by atoms with Gasteiger partial charge in [0.05, 0.1) is 9.77 Å². The van der Waals surface area contributed by atoms with Gasteiger partial charge in [0.1, 0.15) is 12.2 Å². The number of carbonyl (C=O) groups is 1. The minimum atomic E-state index is -3.60. The Bertz CT molecular complexity index is 1240. The van der Waals surface area contributed by atoms with Crippen molar-refractivity contribution in [1.82, 2.24) is 14.1 Å². The van der Waals surface area contributed by atoms with Crippen molar-refractivity contribution in [3.8, 4) is 10.6 Å². The third kappa shape index (κ3) is 5.27. The van der Waals surface area contributed by atoms with Gasteiger partial charge in [-0.1, -0.05) is 0 Å². The summed E-state index contributed by atoms with van der Waals surface area (Å²) in [6, 6.07) is 12.6. The molecule has 0 aliphatic heterocycles. The summed E-state index contributed by atoms with van der Waals surface area (Å²) < 4.78 is 27.4. The van der Waals surface area contributed by atoms with E-state index in [0.29, 0.717) is 11.4 Å². The summed E-state index contributed by atoms with van der Waals surface area (Å²) in [7, 11) is -2.08. The number of hydrogen-bond acceptors (Lipinski definition) is 6. The number of hydrogen-bond donors (Lipinski definition) is 1. The second-order valence-corrected chi connectivity index (χ2v) is 10.6. The molecule has 0 spiro atoms. The number of aryl methyl sites for hydroxylation is 1. The molecular weight excluding hydrogens is 436 g/mol. The topological polar surface area (TPSA) is 101 Å². The predicted octanol–water partition coefficient (Wildman–Crippen LogP) is 2.95. The first-order valence-corrected chi connectivity index (χ1v) is 11.9. The quantitative estimate of drug-likeness (QED) is 0.584. The maximum absolute atomic E-state index is 12.5. The van der Waals surface area contributed by atoms with Gasteiger partial charge in [-0.25, -0.2) is 13.1 Å². The molecule has 0 fully saturated rings. The number of benzene rings is 1. The van der Waals surface area contributed by atoms with Crippen LogP contribution in [0.15, 0.2) is 58.2 Å². The minimum Gasteiger partial charge on any atom is -0.324 e. The van der Waals surface area contributed by atoms with Crippen molar-refractivity contribution >= 4 is 33.0 Å². The summed E-state index contributed by atoms with van der Waals surface area (Å²) in [6.45, 7) is 5.30. The zero-order valence-electron chi connectivity index (χ0n) is 17.7. The molecule has 0 atom stereocenters. The van der Waals surface area contributed by atoms with Crippen molar-refractivity contribution in [3.63, 3.8) is 0 Å². The molecule has 1 N–H and O–H groups in total. The summed E-state index contributed by atoms with van der Waals surface area (Å²) in [5, 5.41) is 6.96. The first kappa shape index (κ1) is 22.9. The highest BCUT2D eigenvalue weighted by atomic mass is 32.2. The smallest absolute Gasteiger partial charge is 0.267 e. The van der Waals surface area contributed by atoms with Crippen LogP contribution in [-0.4, -0.2) is 41.5 Å². The molecule has 31 heavy (non-hydrogen) atoms. The van der Waals surface area contributed by atoms with Crippen LogP contribution >= 0.6 is 11.3 Å². The lowest BCUT2D eigenvalue weighted by Gasteiger charge is -2.21. The monoisotopic (exact) mass is 460 g/mol. The van der Waals surface area contributed by atoms with Crippen LogP contribution in [0.25, 0.3) is 10.6 Å². The van der Waals surface area contributed by atoms with Gasteiger partial charge in [0.15, 0.2) is 0 Å². The molecular formula is C21H24N4O4S2. The van der Waals surface area contributed by atoms with E-state index < -0.39 is 15.9 Å². The van der Waals surface area contributed by atoms with E-state index in [-0.39, 0.29) is 23.0 Å². The van der Waals surface area contributed by atoms with E-state index in [1.165, 1.54) is 41.7 Å². The number of thiophene rings is 1. The fourth-order valence-electron chi connectivity index (χ4n) is 2.76. The summed E-state index contributed by atoms with van der Waals surface area (Å²) >= 11 is 1.55. The molecule has 8 nitrogen and oxygen atoms in total. The average Bonchev–Trinajstić information content (AvgIpc) is 3.15. The molecule has 0 saturated heterocycles. The average molecular weight is 461 g/mol. The van der Waals surface area contributed by atoms with E-state index in [9.17, 15) is 18.0 Å². The molecule has 3 aromatic rings.